The van der Waals surface area contributed by atoms with Crippen molar-refractivity contribution in [1.82, 2.24) is 0 Å². The molecule has 0 aromatic carbocycles. The Labute approximate surface area is 73.5 Å². The molecular formula is C6H4F8. The highest BCUT2D eigenvalue weighted by Crippen LogP contribution is 2.15. The van der Waals surface area contributed by atoms with E-state index in [4.69, 9.17) is 0 Å². The second-order valence-corrected chi connectivity index (χ2v) is 1.63. The van der Waals surface area contributed by atoms with Gasteiger partial charge in [0.15, 0.2) is 5.83 Å². The van der Waals surface area contributed by atoms with Crippen LogP contribution in [0.3, 0.4) is 0 Å². The van der Waals surface area contributed by atoms with E-state index in [2.05, 4.69) is 0 Å². The van der Waals surface area contributed by atoms with E-state index in [0.29, 0.717) is 0 Å². The molecule has 0 fully saturated rings. The SMILES string of the molecule is FC=C(F)C(F)F.FC=CC(F)(F)F. The number of hydrogen-bond donors (Lipinski definition) is 0. The molecule has 0 unspecified atom stereocenters. The fourth-order valence-electron chi connectivity index (χ4n) is 0.119. The molecule has 0 atom stereocenters. The molecule has 0 aromatic heterocycles. The van der Waals surface area contributed by atoms with Crippen molar-refractivity contribution in [3.8, 4) is 0 Å². The summed E-state index contributed by atoms with van der Waals surface area (Å²) in [7, 11) is 0. The average molecular weight is 228 g/mol. The second kappa shape index (κ2) is 7.34. The van der Waals surface area contributed by atoms with Crippen LogP contribution in [0.4, 0.5) is 35.1 Å². The Balaban J connectivity index is 0. The highest BCUT2D eigenvalue weighted by Gasteiger charge is 2.21. The van der Waals surface area contributed by atoms with Crippen molar-refractivity contribution in [2.45, 2.75) is 12.6 Å². The Morgan fingerprint density at radius 2 is 1.50 bits per heavy atom. The molecule has 0 aromatic rings. The maximum Gasteiger partial charge on any atom is 0.411 e. The van der Waals surface area contributed by atoms with Crippen molar-refractivity contribution in [3.63, 3.8) is 0 Å². The lowest BCUT2D eigenvalue weighted by Crippen LogP contribution is -1.99. The molecule has 0 aliphatic heterocycles. The fraction of sp³-hybridized carbons (Fsp3) is 0.333. The normalized spacial score (nSPS) is 13.1. The monoisotopic (exact) mass is 228 g/mol. The first-order valence-electron chi connectivity index (χ1n) is 2.83. The molecule has 0 N–H and O–H groups in total. The van der Waals surface area contributed by atoms with Gasteiger partial charge < -0.3 is 0 Å². The molecule has 84 valence electrons. The lowest BCUT2D eigenvalue weighted by Gasteiger charge is -1.92. The molecule has 0 saturated heterocycles. The van der Waals surface area contributed by atoms with Gasteiger partial charge >= 0.3 is 6.18 Å². The highest BCUT2D eigenvalue weighted by atomic mass is 19.4. The summed E-state index contributed by atoms with van der Waals surface area (Å²) in [5.41, 5.74) is 0. The maximum absolute atomic E-state index is 11.0. The smallest absolute Gasteiger partial charge is 0.216 e. The predicted molar refractivity (Wildman–Crippen MR) is 32.6 cm³/mol. The van der Waals surface area contributed by atoms with Crippen LogP contribution in [0.1, 0.15) is 0 Å². The van der Waals surface area contributed by atoms with Crippen LogP contribution in [0, 0.1) is 0 Å². The summed E-state index contributed by atoms with van der Waals surface area (Å²) in [6.45, 7) is 0. The van der Waals surface area contributed by atoms with Gasteiger partial charge in [-0.25, -0.2) is 22.0 Å². The minimum Gasteiger partial charge on any atom is -0.216 e. The molecule has 8 heteroatoms. The van der Waals surface area contributed by atoms with E-state index in [1.807, 2.05) is 0 Å². The van der Waals surface area contributed by atoms with Gasteiger partial charge in [0.25, 0.3) is 6.43 Å². The van der Waals surface area contributed by atoms with Crippen molar-refractivity contribution < 1.29 is 35.1 Å². The van der Waals surface area contributed by atoms with Crippen LogP contribution in [0.15, 0.2) is 24.6 Å². The third-order valence-corrected chi connectivity index (χ3v) is 0.565. The summed E-state index contributed by atoms with van der Waals surface area (Å²) in [5, 5.41) is 0. The molecule has 0 spiro atoms. The zero-order chi connectivity index (χ0) is 11.8. The Hall–Kier alpha value is -1.08. The predicted octanol–water partition coefficient (Wildman–Crippen LogP) is 4.06. The van der Waals surface area contributed by atoms with Crippen LogP contribution in [0.25, 0.3) is 0 Å². The van der Waals surface area contributed by atoms with Crippen LogP contribution < -0.4 is 0 Å². The first kappa shape index (κ1) is 15.4. The van der Waals surface area contributed by atoms with E-state index in [0.717, 1.165) is 0 Å². The lowest BCUT2D eigenvalue weighted by molar-refractivity contribution is -0.0805. The van der Waals surface area contributed by atoms with Crippen molar-refractivity contribution in [1.29, 1.82) is 0 Å². The average Bonchev–Trinajstić information content (AvgIpc) is 2.01. The van der Waals surface area contributed by atoms with Gasteiger partial charge in [-0.15, -0.1) is 0 Å². The number of hydrogen-bond acceptors (Lipinski definition) is 0. The van der Waals surface area contributed by atoms with E-state index >= 15 is 0 Å². The molecule has 0 aliphatic carbocycles. The van der Waals surface area contributed by atoms with Crippen LogP contribution in [-0.4, -0.2) is 12.6 Å². The summed E-state index contributed by atoms with van der Waals surface area (Å²) in [6.07, 6.45) is -9.60. The second-order valence-electron chi connectivity index (χ2n) is 1.63. The van der Waals surface area contributed by atoms with Gasteiger partial charge in [-0.1, -0.05) is 0 Å². The standard InChI is InChI=1S/2C3H2F4/c4-1-2(5)3(6)7;4-2-1-3(5,6)7/h1,3H;1-2H. The Kier molecular flexibility index (Phi) is 8.07. The lowest BCUT2D eigenvalue weighted by atomic mass is 10.6. The number of allylic oxidation sites excluding steroid dienone is 2. The topological polar surface area (TPSA) is 0 Å². The Morgan fingerprint density at radius 3 is 1.50 bits per heavy atom. The van der Waals surface area contributed by atoms with Gasteiger partial charge in [0, 0.05) is 6.08 Å². The van der Waals surface area contributed by atoms with Gasteiger partial charge in [-0.2, -0.15) is 13.2 Å². The third-order valence-electron chi connectivity index (χ3n) is 0.565. The quantitative estimate of drug-likeness (QED) is 0.593. The molecule has 0 aliphatic rings. The van der Waals surface area contributed by atoms with E-state index < -0.39 is 37.2 Å². The molecule has 0 amide bonds. The first-order chi connectivity index (χ1) is 6.24. The van der Waals surface area contributed by atoms with Gasteiger partial charge in [-0.3, -0.25) is 0 Å². The largest absolute Gasteiger partial charge is 0.411 e. The van der Waals surface area contributed by atoms with Gasteiger partial charge in [0.05, 0.1) is 6.33 Å². The summed E-state index contributed by atoms with van der Waals surface area (Å²) >= 11 is 0. The Bertz CT molecular complexity index is 188. The molecule has 0 radical (unpaired) electrons. The number of rotatable bonds is 1. The minimum absolute atomic E-state index is 0.479. The van der Waals surface area contributed by atoms with Crippen LogP contribution in [0.5, 0.6) is 0 Å². The third kappa shape index (κ3) is 13.5. The fourth-order valence-corrected chi connectivity index (χ4v) is 0.119. The van der Waals surface area contributed by atoms with Gasteiger partial charge in [0.2, 0.25) is 0 Å². The van der Waals surface area contributed by atoms with Crippen molar-refractivity contribution >= 4 is 0 Å². The molecule has 0 nitrogen and oxygen atoms in total. The van der Waals surface area contributed by atoms with Crippen LogP contribution in [0.2, 0.25) is 0 Å². The van der Waals surface area contributed by atoms with Crippen molar-refractivity contribution in [2.75, 3.05) is 0 Å². The first-order valence-corrected chi connectivity index (χ1v) is 2.83. The summed E-state index contributed by atoms with van der Waals surface area (Å²) < 4.78 is 85.9. The van der Waals surface area contributed by atoms with E-state index in [9.17, 15) is 35.1 Å². The Morgan fingerprint density at radius 1 is 1.07 bits per heavy atom. The van der Waals surface area contributed by atoms with Crippen LogP contribution >= 0.6 is 0 Å². The van der Waals surface area contributed by atoms with E-state index in [1.165, 1.54) is 0 Å². The van der Waals surface area contributed by atoms with Crippen molar-refractivity contribution in [2.24, 2.45) is 0 Å². The molecule has 0 heterocycles. The summed E-state index contributed by atoms with van der Waals surface area (Å²) in [4.78, 5) is 0. The molecule has 0 rings (SSSR count). The van der Waals surface area contributed by atoms with Gasteiger partial charge in [0.1, 0.15) is 6.33 Å². The zero-order valence-corrected chi connectivity index (χ0v) is 6.33. The highest BCUT2D eigenvalue weighted by molar-refractivity contribution is 4.87. The van der Waals surface area contributed by atoms with Crippen LogP contribution in [-0.2, 0) is 0 Å². The van der Waals surface area contributed by atoms with E-state index in [-0.39, 0.29) is 0 Å². The number of halogens is 8. The molecular weight excluding hydrogens is 224 g/mol. The molecule has 14 heavy (non-hydrogen) atoms. The van der Waals surface area contributed by atoms with Gasteiger partial charge in [-0.05, 0) is 0 Å². The molecule has 0 bridgehead atoms. The zero-order valence-electron chi connectivity index (χ0n) is 6.33. The van der Waals surface area contributed by atoms with E-state index in [1.54, 1.807) is 0 Å². The maximum atomic E-state index is 11.0. The van der Waals surface area contributed by atoms with Crippen molar-refractivity contribution in [3.05, 3.63) is 24.6 Å². The minimum atomic E-state index is -4.51. The molecule has 0 saturated carbocycles. The number of alkyl halides is 5. The summed E-state index contributed by atoms with van der Waals surface area (Å²) in [6, 6.07) is 0. The summed E-state index contributed by atoms with van der Waals surface area (Å²) in [5.74, 6) is -2.03.